The van der Waals surface area contributed by atoms with E-state index in [1.54, 1.807) is 5.38 Å². The summed E-state index contributed by atoms with van der Waals surface area (Å²) >= 11 is 5.18. The first-order valence-electron chi connectivity index (χ1n) is 9.65. The van der Waals surface area contributed by atoms with Gasteiger partial charge >= 0.3 is 11.9 Å². The maximum absolute atomic E-state index is 13.2. The van der Waals surface area contributed by atoms with Gasteiger partial charge < -0.3 is 20.3 Å². The Kier molecular flexibility index (Phi) is 7.00. The molecule has 2 aromatic rings. The minimum absolute atomic E-state index is 0.169. The van der Waals surface area contributed by atoms with Crippen LogP contribution in [0.3, 0.4) is 0 Å². The molecule has 2 aliphatic rings. The molecular weight excluding hydrogens is 524 g/mol. The van der Waals surface area contributed by atoms with Crippen LogP contribution in [0.1, 0.15) is 16.5 Å². The lowest BCUT2D eigenvalue weighted by Gasteiger charge is -2.56. The number of thiophene rings is 1. The average molecular weight is 543 g/mol. The van der Waals surface area contributed by atoms with Crippen molar-refractivity contribution in [2.24, 2.45) is 0 Å². The molecule has 4 rings (SSSR count). The SMILES string of the molecule is CO[C@@]1(NC(=O)C(C(=O)O)c2ccsc2)C(=O)N2C(C(=O)O)=C(CSc3nnc(C)s3)CS[C@H]21. The van der Waals surface area contributed by atoms with E-state index >= 15 is 0 Å². The number of amides is 2. The lowest BCUT2D eigenvalue weighted by atomic mass is 9.95. The van der Waals surface area contributed by atoms with Gasteiger partial charge in [-0.05, 0) is 34.9 Å². The average Bonchev–Trinajstić information content (AvgIpc) is 3.46. The van der Waals surface area contributed by atoms with Gasteiger partial charge in [-0.1, -0.05) is 23.1 Å². The van der Waals surface area contributed by atoms with E-state index in [0.29, 0.717) is 15.7 Å². The Hall–Kier alpha value is -2.46. The fraction of sp³-hybridized carbons (Fsp3) is 0.368. The molecule has 1 fully saturated rings. The summed E-state index contributed by atoms with van der Waals surface area (Å²) in [6.45, 7) is 1.81. The third kappa shape index (κ3) is 4.22. The number of carboxylic acids is 2. The topological polar surface area (TPSA) is 159 Å². The second-order valence-corrected chi connectivity index (χ2v) is 11.5. The number of methoxy groups -OCH3 is 1. The summed E-state index contributed by atoms with van der Waals surface area (Å²) in [7, 11) is 1.21. The van der Waals surface area contributed by atoms with Gasteiger partial charge in [-0.3, -0.25) is 19.3 Å². The number of nitrogens with zero attached hydrogens (tertiary/aromatic N) is 3. The van der Waals surface area contributed by atoms with Crippen LogP contribution in [-0.4, -0.2) is 78.8 Å². The number of carbonyl (C=O) groups excluding carboxylic acids is 2. The van der Waals surface area contributed by atoms with Crippen LogP contribution in [0.2, 0.25) is 0 Å². The number of aliphatic carboxylic acids is 2. The van der Waals surface area contributed by atoms with E-state index in [9.17, 15) is 29.4 Å². The number of hydrogen-bond donors (Lipinski definition) is 3. The van der Waals surface area contributed by atoms with E-state index in [1.807, 2.05) is 6.92 Å². The second kappa shape index (κ2) is 9.65. The highest BCUT2D eigenvalue weighted by Crippen LogP contribution is 2.47. The molecule has 3 atom stereocenters. The van der Waals surface area contributed by atoms with Crippen molar-refractivity contribution in [3.8, 4) is 0 Å². The van der Waals surface area contributed by atoms with Gasteiger partial charge in [0, 0.05) is 18.6 Å². The van der Waals surface area contributed by atoms with Crippen molar-refractivity contribution in [1.82, 2.24) is 20.4 Å². The Morgan fingerprint density at radius 1 is 1.38 bits per heavy atom. The van der Waals surface area contributed by atoms with Crippen molar-refractivity contribution < 1.29 is 34.1 Å². The molecule has 3 N–H and O–H groups in total. The second-order valence-electron chi connectivity index (χ2n) is 7.23. The van der Waals surface area contributed by atoms with Crippen molar-refractivity contribution >= 4 is 70.0 Å². The molecule has 0 saturated carbocycles. The summed E-state index contributed by atoms with van der Waals surface area (Å²) in [5.74, 6) is -5.32. The zero-order valence-electron chi connectivity index (χ0n) is 17.7. The molecule has 180 valence electrons. The largest absolute Gasteiger partial charge is 0.480 e. The Labute approximate surface area is 209 Å². The molecule has 0 bridgehead atoms. The molecule has 15 heteroatoms. The monoisotopic (exact) mass is 542 g/mol. The van der Waals surface area contributed by atoms with Gasteiger partial charge in [0.15, 0.2) is 10.3 Å². The van der Waals surface area contributed by atoms with Crippen molar-refractivity contribution in [1.29, 1.82) is 0 Å². The molecule has 1 saturated heterocycles. The Morgan fingerprint density at radius 2 is 2.15 bits per heavy atom. The molecule has 1 unspecified atom stereocenters. The number of rotatable bonds is 9. The van der Waals surface area contributed by atoms with Gasteiger partial charge in [0.05, 0.1) is 0 Å². The molecule has 2 amide bonds. The standard InChI is InChI=1S/C19H18N4O7S4/c1-8-21-22-18(34-8)33-7-10-6-32-17-19(30-2,16(29)23(17)12(10)15(27)28)20-13(24)11(14(25)26)9-3-4-31-5-9/h3-5,11,17H,6-7H2,1-2H3,(H,20,24)(H,25,26)(H,27,28)/t11?,17-,19-/m0/s1. The molecule has 11 nitrogen and oxygen atoms in total. The number of nitrogens with one attached hydrogen (secondary N) is 1. The van der Waals surface area contributed by atoms with Crippen molar-refractivity contribution in [3.63, 3.8) is 0 Å². The maximum atomic E-state index is 13.2. The predicted molar refractivity (Wildman–Crippen MR) is 126 cm³/mol. The van der Waals surface area contributed by atoms with E-state index in [4.69, 9.17) is 4.74 Å². The molecule has 2 aliphatic heterocycles. The van der Waals surface area contributed by atoms with Gasteiger partial charge in [-0.25, -0.2) is 4.79 Å². The highest BCUT2D eigenvalue weighted by molar-refractivity contribution is 8.01. The number of thioether (sulfide) groups is 2. The minimum atomic E-state index is -1.87. The normalized spacial score (nSPS) is 22.7. The number of β-lactam (4-membered cyclic amide) rings is 1. The zero-order valence-corrected chi connectivity index (χ0v) is 21.0. The van der Waals surface area contributed by atoms with Crippen LogP contribution in [0.25, 0.3) is 0 Å². The van der Waals surface area contributed by atoms with Crippen LogP contribution in [0.4, 0.5) is 0 Å². The number of carbonyl (C=O) groups is 4. The number of hydrogen-bond acceptors (Lipinski definition) is 11. The zero-order chi connectivity index (χ0) is 24.6. The van der Waals surface area contributed by atoms with E-state index in [1.165, 1.54) is 64.8 Å². The van der Waals surface area contributed by atoms with Gasteiger partial charge in [-0.2, -0.15) is 11.3 Å². The molecule has 0 aromatic carbocycles. The molecule has 2 aromatic heterocycles. The van der Waals surface area contributed by atoms with E-state index in [2.05, 4.69) is 15.5 Å². The highest BCUT2D eigenvalue weighted by atomic mass is 32.2. The number of aromatic nitrogens is 2. The predicted octanol–water partition coefficient (Wildman–Crippen LogP) is 1.58. The highest BCUT2D eigenvalue weighted by Gasteiger charge is 2.67. The first-order valence-corrected chi connectivity index (χ1v) is 13.4. The van der Waals surface area contributed by atoms with Crippen LogP contribution in [-0.2, 0) is 23.9 Å². The van der Waals surface area contributed by atoms with E-state index in [0.717, 1.165) is 9.91 Å². The number of ether oxygens (including phenoxy) is 1. The molecule has 0 aliphatic carbocycles. The first kappa shape index (κ1) is 24.7. The van der Waals surface area contributed by atoms with Crippen LogP contribution < -0.4 is 5.32 Å². The van der Waals surface area contributed by atoms with Crippen molar-refractivity contribution in [2.45, 2.75) is 28.3 Å². The van der Waals surface area contributed by atoms with Crippen LogP contribution in [0, 0.1) is 6.92 Å². The Morgan fingerprint density at radius 3 is 2.71 bits per heavy atom. The Balaban J connectivity index is 1.57. The fourth-order valence-electron chi connectivity index (χ4n) is 3.64. The summed E-state index contributed by atoms with van der Waals surface area (Å²) in [6, 6.07) is 1.52. The van der Waals surface area contributed by atoms with Crippen LogP contribution in [0.5, 0.6) is 0 Å². The minimum Gasteiger partial charge on any atom is -0.480 e. The third-order valence-electron chi connectivity index (χ3n) is 5.21. The van der Waals surface area contributed by atoms with Crippen LogP contribution >= 0.6 is 46.2 Å². The first-order chi connectivity index (χ1) is 16.2. The number of fused-ring (bicyclic) bond motifs is 1. The Bertz CT molecular complexity index is 1180. The number of carboxylic acid groups (broad SMARTS) is 2. The summed E-state index contributed by atoms with van der Waals surface area (Å²) in [4.78, 5) is 51.1. The lowest BCUT2D eigenvalue weighted by molar-refractivity contribution is -0.193. The van der Waals surface area contributed by atoms with Crippen LogP contribution in [0.15, 0.2) is 32.4 Å². The molecule has 4 heterocycles. The molecular formula is C19H18N4O7S4. The number of aryl methyl sites for hydroxylation is 1. The summed E-state index contributed by atoms with van der Waals surface area (Å²) in [5.41, 5.74) is -1.24. The van der Waals surface area contributed by atoms with Gasteiger partial charge in [0.2, 0.25) is 5.91 Å². The fourth-order valence-corrected chi connectivity index (χ4v) is 7.72. The quantitative estimate of drug-likeness (QED) is 0.183. The molecule has 0 spiro atoms. The van der Waals surface area contributed by atoms with Crippen molar-refractivity contribution in [3.05, 3.63) is 38.7 Å². The smallest absolute Gasteiger partial charge is 0.352 e. The van der Waals surface area contributed by atoms with Gasteiger partial charge in [0.1, 0.15) is 16.1 Å². The molecule has 34 heavy (non-hydrogen) atoms. The lowest BCUT2D eigenvalue weighted by Crippen LogP contribution is -2.81. The van der Waals surface area contributed by atoms with Crippen molar-refractivity contribution in [2.75, 3.05) is 18.6 Å². The molecule has 0 radical (unpaired) electrons. The van der Waals surface area contributed by atoms with E-state index in [-0.39, 0.29) is 17.0 Å². The van der Waals surface area contributed by atoms with Gasteiger partial charge in [-0.15, -0.1) is 22.0 Å². The van der Waals surface area contributed by atoms with Gasteiger partial charge in [0.25, 0.3) is 11.6 Å². The maximum Gasteiger partial charge on any atom is 0.352 e. The third-order valence-corrected chi connectivity index (χ3v) is 9.34. The summed E-state index contributed by atoms with van der Waals surface area (Å²) in [5, 5.41) is 32.9. The summed E-state index contributed by atoms with van der Waals surface area (Å²) in [6.07, 6.45) is 0. The van der Waals surface area contributed by atoms with E-state index < -0.39 is 40.8 Å². The summed E-state index contributed by atoms with van der Waals surface area (Å²) < 4.78 is 6.08.